The first-order valence-corrected chi connectivity index (χ1v) is 9.71. The number of hydrogen-bond donors (Lipinski definition) is 1. The van der Waals surface area contributed by atoms with Crippen LogP contribution in [0.15, 0.2) is 66.4 Å². The van der Waals surface area contributed by atoms with Crippen LogP contribution in [0.2, 0.25) is 0 Å². The zero-order chi connectivity index (χ0) is 22.9. The minimum Gasteiger partial charge on any atom is -0.479 e. The first kappa shape index (κ1) is 21.0. The SMILES string of the molecule is O=C(OC/C=C1\O[C@@H]2CC(=O)N2[C@@]1(Cc1ccccc1)C(=O)O)c1ccc([N+](=O)[O-])cc1. The summed E-state index contributed by atoms with van der Waals surface area (Å²) in [4.78, 5) is 48.2. The molecule has 2 saturated heterocycles. The topological polar surface area (TPSA) is 136 Å². The predicted octanol–water partition coefficient (Wildman–Crippen LogP) is 2.29. The van der Waals surface area contributed by atoms with Gasteiger partial charge in [-0.2, -0.15) is 0 Å². The lowest BCUT2D eigenvalue weighted by atomic mass is 9.85. The number of nitro groups is 1. The van der Waals surface area contributed by atoms with E-state index in [0.717, 1.165) is 0 Å². The zero-order valence-electron chi connectivity index (χ0n) is 16.7. The summed E-state index contributed by atoms with van der Waals surface area (Å²) in [5.74, 6) is -2.29. The third-order valence-corrected chi connectivity index (χ3v) is 5.44. The molecule has 2 atom stereocenters. The molecular formula is C22H18N2O8. The normalized spacial score (nSPS) is 22.6. The van der Waals surface area contributed by atoms with Gasteiger partial charge in [-0.1, -0.05) is 30.3 Å². The van der Waals surface area contributed by atoms with Gasteiger partial charge in [-0.05, 0) is 23.8 Å². The molecule has 0 unspecified atom stereocenters. The number of carboxylic acids is 1. The van der Waals surface area contributed by atoms with Crippen LogP contribution in [0.4, 0.5) is 5.69 Å². The summed E-state index contributed by atoms with van der Waals surface area (Å²) in [6, 6.07) is 13.7. The molecule has 2 aliphatic heterocycles. The first-order valence-electron chi connectivity index (χ1n) is 9.71. The summed E-state index contributed by atoms with van der Waals surface area (Å²) in [6.45, 7) is -0.302. The molecule has 32 heavy (non-hydrogen) atoms. The summed E-state index contributed by atoms with van der Waals surface area (Å²) >= 11 is 0. The Morgan fingerprint density at radius 2 is 1.91 bits per heavy atom. The number of non-ortho nitro benzene ring substituents is 1. The minimum absolute atomic E-state index is 0.00640. The Bertz CT molecular complexity index is 1110. The molecule has 0 spiro atoms. The van der Waals surface area contributed by atoms with Gasteiger partial charge < -0.3 is 14.6 Å². The van der Waals surface area contributed by atoms with Gasteiger partial charge in [0.05, 0.1) is 16.9 Å². The van der Waals surface area contributed by atoms with Gasteiger partial charge in [0.2, 0.25) is 11.4 Å². The Morgan fingerprint density at radius 1 is 1.22 bits per heavy atom. The van der Waals surface area contributed by atoms with Gasteiger partial charge >= 0.3 is 11.9 Å². The molecule has 0 aliphatic carbocycles. The second-order valence-corrected chi connectivity index (χ2v) is 7.34. The Labute approximate surface area is 181 Å². The summed E-state index contributed by atoms with van der Waals surface area (Å²) in [5, 5.41) is 20.8. The molecule has 2 fully saturated rings. The van der Waals surface area contributed by atoms with Crippen LogP contribution in [0.1, 0.15) is 22.3 Å². The van der Waals surface area contributed by atoms with Crippen molar-refractivity contribution >= 4 is 23.5 Å². The molecule has 10 nitrogen and oxygen atoms in total. The van der Waals surface area contributed by atoms with Gasteiger partial charge in [-0.25, -0.2) is 9.59 Å². The molecule has 0 saturated carbocycles. The number of benzene rings is 2. The lowest BCUT2D eigenvalue weighted by Gasteiger charge is -2.40. The molecule has 10 heteroatoms. The van der Waals surface area contributed by atoms with Crippen LogP contribution in [0.5, 0.6) is 0 Å². The molecular weight excluding hydrogens is 420 g/mol. The zero-order valence-corrected chi connectivity index (χ0v) is 16.7. The molecule has 1 amide bonds. The van der Waals surface area contributed by atoms with Crippen LogP contribution in [0, 0.1) is 10.1 Å². The standard InChI is InChI=1S/C22H18N2O8/c25-18-12-19-23(18)22(21(27)28,13-14-4-2-1-3-5-14)17(32-19)10-11-31-20(26)15-6-8-16(9-7-15)24(29)30/h1-10,19H,11-13H2,(H,27,28)/b17-10-/t19-,22-/m1/s1. The van der Waals surface area contributed by atoms with E-state index in [-0.39, 0.29) is 42.4 Å². The van der Waals surface area contributed by atoms with Crippen LogP contribution >= 0.6 is 0 Å². The van der Waals surface area contributed by atoms with Crippen molar-refractivity contribution in [2.75, 3.05) is 6.61 Å². The van der Waals surface area contributed by atoms with Gasteiger partial charge in [0, 0.05) is 18.6 Å². The number of aliphatic carboxylic acids is 1. The van der Waals surface area contributed by atoms with E-state index in [0.29, 0.717) is 5.56 Å². The number of amides is 1. The average molecular weight is 438 g/mol. The number of esters is 1. The predicted molar refractivity (Wildman–Crippen MR) is 108 cm³/mol. The summed E-state index contributed by atoms with van der Waals surface area (Å²) in [7, 11) is 0. The fraction of sp³-hybridized carbons (Fsp3) is 0.227. The number of β-lactam (4-membered cyclic amide) rings is 1. The van der Waals surface area contributed by atoms with Crippen molar-refractivity contribution in [2.24, 2.45) is 0 Å². The Morgan fingerprint density at radius 3 is 2.50 bits per heavy atom. The number of carbonyl (C=O) groups is 3. The van der Waals surface area contributed by atoms with E-state index >= 15 is 0 Å². The lowest BCUT2D eigenvalue weighted by molar-refractivity contribution is -0.384. The number of rotatable bonds is 7. The highest BCUT2D eigenvalue weighted by molar-refractivity contribution is 5.95. The maximum atomic E-state index is 12.4. The maximum Gasteiger partial charge on any atom is 0.338 e. The Kier molecular flexibility index (Phi) is 5.35. The van der Waals surface area contributed by atoms with Crippen LogP contribution in [0.25, 0.3) is 0 Å². The van der Waals surface area contributed by atoms with E-state index in [1.54, 1.807) is 30.3 Å². The summed E-state index contributed by atoms with van der Waals surface area (Å²) in [6.07, 6.45) is 0.724. The average Bonchev–Trinajstić information content (AvgIpc) is 3.02. The Hall–Kier alpha value is -4.21. The molecule has 2 heterocycles. The van der Waals surface area contributed by atoms with E-state index in [9.17, 15) is 29.6 Å². The highest BCUT2D eigenvalue weighted by Crippen LogP contribution is 2.46. The van der Waals surface area contributed by atoms with Crippen LogP contribution in [0.3, 0.4) is 0 Å². The molecule has 164 valence electrons. The maximum absolute atomic E-state index is 12.4. The van der Waals surface area contributed by atoms with Gasteiger partial charge in [0.15, 0.2) is 6.23 Å². The molecule has 4 rings (SSSR count). The number of fused-ring (bicyclic) bond motifs is 1. The van der Waals surface area contributed by atoms with Crippen LogP contribution < -0.4 is 0 Å². The van der Waals surface area contributed by atoms with E-state index in [1.807, 2.05) is 0 Å². The third kappa shape index (κ3) is 3.55. The van der Waals surface area contributed by atoms with E-state index < -0.39 is 28.6 Å². The van der Waals surface area contributed by atoms with Gasteiger partial charge in [-0.15, -0.1) is 0 Å². The quantitative estimate of drug-likeness (QED) is 0.301. The second-order valence-electron chi connectivity index (χ2n) is 7.34. The lowest BCUT2D eigenvalue weighted by Crippen LogP contribution is -2.63. The van der Waals surface area contributed by atoms with Crippen molar-refractivity contribution in [1.82, 2.24) is 4.90 Å². The summed E-state index contributed by atoms with van der Waals surface area (Å²) in [5.41, 5.74) is -1.09. The number of carbonyl (C=O) groups excluding carboxylic acids is 2. The van der Waals surface area contributed by atoms with Gasteiger partial charge in [0.1, 0.15) is 12.4 Å². The Balaban J connectivity index is 1.55. The minimum atomic E-state index is -1.74. The molecule has 2 aromatic rings. The van der Waals surface area contributed by atoms with Gasteiger partial charge in [0.25, 0.3) is 5.69 Å². The van der Waals surface area contributed by atoms with Crippen molar-refractivity contribution in [3.63, 3.8) is 0 Å². The fourth-order valence-electron chi connectivity index (χ4n) is 3.86. The van der Waals surface area contributed by atoms with Gasteiger partial charge in [-0.3, -0.25) is 19.8 Å². The highest BCUT2D eigenvalue weighted by atomic mass is 16.6. The number of hydrogen-bond acceptors (Lipinski definition) is 7. The van der Waals surface area contributed by atoms with Crippen molar-refractivity contribution in [3.05, 3.63) is 87.7 Å². The van der Waals surface area contributed by atoms with Crippen molar-refractivity contribution in [1.29, 1.82) is 0 Å². The number of nitro benzene ring substituents is 1. The number of ether oxygens (including phenoxy) is 2. The van der Waals surface area contributed by atoms with Crippen molar-refractivity contribution in [3.8, 4) is 0 Å². The second kappa shape index (κ2) is 8.14. The molecule has 2 aliphatic rings. The molecule has 1 N–H and O–H groups in total. The van der Waals surface area contributed by atoms with E-state index in [4.69, 9.17) is 9.47 Å². The third-order valence-electron chi connectivity index (χ3n) is 5.44. The van der Waals surface area contributed by atoms with E-state index in [2.05, 4.69) is 0 Å². The van der Waals surface area contributed by atoms with E-state index in [1.165, 1.54) is 35.2 Å². The summed E-state index contributed by atoms with van der Waals surface area (Å²) < 4.78 is 10.9. The monoisotopic (exact) mass is 438 g/mol. The van der Waals surface area contributed by atoms with Crippen molar-refractivity contribution < 1.29 is 33.9 Å². The first-order chi connectivity index (χ1) is 15.3. The molecule has 0 bridgehead atoms. The smallest absolute Gasteiger partial charge is 0.338 e. The molecule has 0 aromatic heterocycles. The fourth-order valence-corrected chi connectivity index (χ4v) is 3.86. The number of nitrogens with zero attached hydrogens (tertiary/aromatic N) is 2. The molecule has 0 radical (unpaired) electrons. The van der Waals surface area contributed by atoms with Crippen LogP contribution in [-0.2, 0) is 25.5 Å². The van der Waals surface area contributed by atoms with Crippen molar-refractivity contribution in [2.45, 2.75) is 24.6 Å². The van der Waals surface area contributed by atoms with Crippen LogP contribution in [-0.4, -0.2) is 51.1 Å². The molecule has 2 aromatic carbocycles. The largest absolute Gasteiger partial charge is 0.479 e. The number of carboxylic acid groups (broad SMARTS) is 1. The highest BCUT2D eigenvalue weighted by Gasteiger charge is 2.64.